The molecule has 0 bridgehead atoms. The molecule has 1 amide bonds. The highest BCUT2D eigenvalue weighted by Gasteiger charge is 2.09. The maximum atomic E-state index is 11.9. The van der Waals surface area contributed by atoms with Crippen LogP contribution in [0.1, 0.15) is 5.56 Å². The Balaban J connectivity index is 1.98. The predicted octanol–water partition coefficient (Wildman–Crippen LogP) is 2.46. The Morgan fingerprint density at radius 1 is 1.26 bits per heavy atom. The summed E-state index contributed by atoms with van der Waals surface area (Å²) in [6.45, 7) is 2.34. The van der Waals surface area contributed by atoms with E-state index in [2.05, 4.69) is 10.3 Å². The molecule has 4 heteroatoms. The second-order valence-electron chi connectivity index (χ2n) is 4.43. The summed E-state index contributed by atoms with van der Waals surface area (Å²) in [5.74, 6) is -0.0567. The third kappa shape index (κ3) is 3.55. The van der Waals surface area contributed by atoms with Gasteiger partial charge in [-0.3, -0.25) is 9.78 Å². The SMILES string of the molecule is Cc1ccccc1N(C)CC(=O)Nc1cccnc1. The summed E-state index contributed by atoms with van der Waals surface area (Å²) >= 11 is 0. The highest BCUT2D eigenvalue weighted by atomic mass is 16.2. The van der Waals surface area contributed by atoms with Crippen molar-refractivity contribution >= 4 is 17.3 Å². The van der Waals surface area contributed by atoms with Gasteiger partial charge in [0, 0.05) is 18.9 Å². The number of hydrogen-bond donors (Lipinski definition) is 1. The van der Waals surface area contributed by atoms with Crippen molar-refractivity contribution in [3.05, 3.63) is 54.4 Å². The number of hydrogen-bond acceptors (Lipinski definition) is 3. The first-order chi connectivity index (χ1) is 9.16. The molecule has 19 heavy (non-hydrogen) atoms. The lowest BCUT2D eigenvalue weighted by Crippen LogP contribution is -2.30. The van der Waals surface area contributed by atoms with Crippen LogP contribution >= 0.6 is 0 Å². The number of aryl methyl sites for hydroxylation is 1. The topological polar surface area (TPSA) is 45.2 Å². The smallest absolute Gasteiger partial charge is 0.243 e. The lowest BCUT2D eigenvalue weighted by Gasteiger charge is -2.20. The number of para-hydroxylation sites is 1. The fourth-order valence-corrected chi connectivity index (χ4v) is 1.93. The molecule has 4 nitrogen and oxygen atoms in total. The number of aromatic nitrogens is 1. The highest BCUT2D eigenvalue weighted by molar-refractivity contribution is 5.93. The van der Waals surface area contributed by atoms with E-state index in [1.165, 1.54) is 0 Å². The van der Waals surface area contributed by atoms with Gasteiger partial charge in [-0.2, -0.15) is 0 Å². The number of carbonyl (C=O) groups is 1. The van der Waals surface area contributed by atoms with Gasteiger partial charge in [-0.05, 0) is 30.7 Å². The van der Waals surface area contributed by atoms with Crippen LogP contribution in [0.15, 0.2) is 48.8 Å². The van der Waals surface area contributed by atoms with E-state index in [1.54, 1.807) is 18.5 Å². The van der Waals surface area contributed by atoms with Gasteiger partial charge < -0.3 is 10.2 Å². The minimum Gasteiger partial charge on any atom is -0.365 e. The number of anilines is 2. The van der Waals surface area contributed by atoms with Gasteiger partial charge >= 0.3 is 0 Å². The lowest BCUT2D eigenvalue weighted by molar-refractivity contribution is -0.114. The molecule has 0 fully saturated rings. The van der Waals surface area contributed by atoms with E-state index in [0.29, 0.717) is 12.2 Å². The number of nitrogens with one attached hydrogen (secondary N) is 1. The van der Waals surface area contributed by atoms with Crippen LogP contribution < -0.4 is 10.2 Å². The Morgan fingerprint density at radius 2 is 2.05 bits per heavy atom. The number of likely N-dealkylation sites (N-methyl/N-ethyl adjacent to an activating group) is 1. The Kier molecular flexibility index (Phi) is 4.13. The second kappa shape index (κ2) is 6.00. The Morgan fingerprint density at radius 3 is 2.74 bits per heavy atom. The maximum Gasteiger partial charge on any atom is 0.243 e. The van der Waals surface area contributed by atoms with Crippen LogP contribution in [-0.2, 0) is 4.79 Å². The van der Waals surface area contributed by atoms with E-state index in [4.69, 9.17) is 0 Å². The molecule has 0 saturated carbocycles. The summed E-state index contributed by atoms with van der Waals surface area (Å²) in [5, 5.41) is 2.82. The van der Waals surface area contributed by atoms with Gasteiger partial charge in [-0.25, -0.2) is 0 Å². The minimum absolute atomic E-state index is 0.0567. The van der Waals surface area contributed by atoms with Crippen LogP contribution in [0.4, 0.5) is 11.4 Å². The first-order valence-corrected chi connectivity index (χ1v) is 6.13. The van der Waals surface area contributed by atoms with E-state index in [-0.39, 0.29) is 5.91 Å². The van der Waals surface area contributed by atoms with Crippen molar-refractivity contribution in [2.45, 2.75) is 6.92 Å². The molecule has 1 N–H and O–H groups in total. The molecule has 0 radical (unpaired) electrons. The molecule has 1 aromatic carbocycles. The van der Waals surface area contributed by atoms with E-state index in [0.717, 1.165) is 11.3 Å². The molecule has 1 aromatic heterocycles. The zero-order chi connectivity index (χ0) is 13.7. The third-order valence-electron chi connectivity index (χ3n) is 2.85. The van der Waals surface area contributed by atoms with Crippen LogP contribution in [0.5, 0.6) is 0 Å². The number of nitrogens with zero attached hydrogens (tertiary/aromatic N) is 2. The summed E-state index contributed by atoms with van der Waals surface area (Å²) in [5.41, 5.74) is 2.92. The fraction of sp³-hybridized carbons (Fsp3) is 0.200. The zero-order valence-corrected chi connectivity index (χ0v) is 11.1. The number of amides is 1. The van der Waals surface area contributed by atoms with Crippen molar-refractivity contribution in [1.82, 2.24) is 4.98 Å². The van der Waals surface area contributed by atoms with Crippen LogP contribution in [0.3, 0.4) is 0 Å². The maximum absolute atomic E-state index is 11.9. The molecule has 2 rings (SSSR count). The summed E-state index contributed by atoms with van der Waals surface area (Å²) in [7, 11) is 1.91. The van der Waals surface area contributed by atoms with Gasteiger partial charge in [-0.1, -0.05) is 18.2 Å². The first-order valence-electron chi connectivity index (χ1n) is 6.13. The lowest BCUT2D eigenvalue weighted by atomic mass is 10.2. The summed E-state index contributed by atoms with van der Waals surface area (Å²) in [4.78, 5) is 17.8. The average molecular weight is 255 g/mol. The van der Waals surface area contributed by atoms with E-state index >= 15 is 0 Å². The van der Waals surface area contributed by atoms with E-state index in [1.807, 2.05) is 49.2 Å². The molecule has 0 aliphatic rings. The van der Waals surface area contributed by atoms with Crippen molar-refractivity contribution < 1.29 is 4.79 Å². The Bertz CT molecular complexity index is 554. The molecular formula is C15H17N3O. The largest absolute Gasteiger partial charge is 0.365 e. The van der Waals surface area contributed by atoms with Gasteiger partial charge in [0.05, 0.1) is 18.4 Å². The number of carbonyl (C=O) groups excluding carboxylic acids is 1. The average Bonchev–Trinajstić information content (AvgIpc) is 2.40. The van der Waals surface area contributed by atoms with Crippen molar-refractivity contribution in [3.63, 3.8) is 0 Å². The molecule has 2 aromatic rings. The third-order valence-corrected chi connectivity index (χ3v) is 2.85. The van der Waals surface area contributed by atoms with E-state index in [9.17, 15) is 4.79 Å². The molecule has 0 saturated heterocycles. The summed E-state index contributed by atoms with van der Waals surface area (Å²) < 4.78 is 0. The molecule has 0 aliphatic carbocycles. The molecule has 98 valence electrons. The van der Waals surface area contributed by atoms with Crippen molar-refractivity contribution in [1.29, 1.82) is 0 Å². The molecular weight excluding hydrogens is 238 g/mol. The van der Waals surface area contributed by atoms with Gasteiger partial charge in [0.2, 0.25) is 5.91 Å². The van der Waals surface area contributed by atoms with Crippen molar-refractivity contribution in [2.75, 3.05) is 23.8 Å². The second-order valence-corrected chi connectivity index (χ2v) is 4.43. The minimum atomic E-state index is -0.0567. The standard InChI is InChI=1S/C15H17N3O/c1-12-6-3-4-8-14(12)18(2)11-15(19)17-13-7-5-9-16-10-13/h3-10H,11H2,1-2H3,(H,17,19). The summed E-state index contributed by atoms with van der Waals surface area (Å²) in [6.07, 6.45) is 3.31. The fourth-order valence-electron chi connectivity index (χ4n) is 1.93. The molecule has 0 unspecified atom stereocenters. The van der Waals surface area contributed by atoms with Crippen molar-refractivity contribution in [3.8, 4) is 0 Å². The van der Waals surface area contributed by atoms with Crippen molar-refractivity contribution in [2.24, 2.45) is 0 Å². The number of rotatable bonds is 4. The first kappa shape index (κ1) is 13.1. The normalized spacial score (nSPS) is 10.0. The number of pyridine rings is 1. The summed E-state index contributed by atoms with van der Waals surface area (Å²) in [6, 6.07) is 11.6. The predicted molar refractivity (Wildman–Crippen MR) is 77.3 cm³/mol. The van der Waals surface area contributed by atoms with Gasteiger partial charge in [0.25, 0.3) is 0 Å². The van der Waals surface area contributed by atoms with Crippen LogP contribution in [0, 0.1) is 6.92 Å². The monoisotopic (exact) mass is 255 g/mol. The molecule has 1 heterocycles. The van der Waals surface area contributed by atoms with Crippen LogP contribution in [0.25, 0.3) is 0 Å². The van der Waals surface area contributed by atoms with Crippen LogP contribution in [-0.4, -0.2) is 24.5 Å². The molecule has 0 spiro atoms. The highest BCUT2D eigenvalue weighted by Crippen LogP contribution is 2.17. The van der Waals surface area contributed by atoms with Crippen LogP contribution in [0.2, 0.25) is 0 Å². The van der Waals surface area contributed by atoms with Gasteiger partial charge in [-0.15, -0.1) is 0 Å². The Labute approximate surface area is 113 Å². The molecule has 0 aliphatic heterocycles. The molecule has 0 atom stereocenters. The number of benzene rings is 1. The van der Waals surface area contributed by atoms with Gasteiger partial charge in [0.1, 0.15) is 0 Å². The quantitative estimate of drug-likeness (QED) is 0.912. The van der Waals surface area contributed by atoms with E-state index < -0.39 is 0 Å². The van der Waals surface area contributed by atoms with Gasteiger partial charge in [0.15, 0.2) is 0 Å². The zero-order valence-electron chi connectivity index (χ0n) is 11.1. The Hall–Kier alpha value is -2.36.